The molecular formula is C19H17FN4O3S. The maximum atomic E-state index is 13.3. The number of hydrogen-bond donors (Lipinski definition) is 2. The van der Waals surface area contributed by atoms with Crippen molar-refractivity contribution in [2.45, 2.75) is 6.42 Å². The Labute approximate surface area is 164 Å². The Hall–Kier alpha value is -3.33. The lowest BCUT2D eigenvalue weighted by Gasteiger charge is -2.07. The minimum absolute atomic E-state index is 0.0275. The quantitative estimate of drug-likeness (QED) is 0.342. The van der Waals surface area contributed by atoms with E-state index in [0.29, 0.717) is 29.4 Å². The molecule has 2 N–H and O–H groups in total. The molecule has 0 radical (unpaired) electrons. The van der Waals surface area contributed by atoms with Crippen LogP contribution < -0.4 is 10.6 Å². The first kappa shape index (κ1) is 19.4. The van der Waals surface area contributed by atoms with Crippen LogP contribution in [0.4, 0.5) is 15.8 Å². The largest absolute Gasteiger partial charge is 0.383 e. The molecule has 0 spiro atoms. The highest BCUT2D eigenvalue weighted by Gasteiger charge is 2.09. The number of halogens is 1. The predicted octanol–water partition coefficient (Wildman–Crippen LogP) is 3.63. The molecule has 9 heteroatoms. The van der Waals surface area contributed by atoms with E-state index in [4.69, 9.17) is 0 Å². The number of carbonyl (C=O) groups excluding carboxylic acids is 1. The van der Waals surface area contributed by atoms with Crippen molar-refractivity contribution in [3.63, 3.8) is 0 Å². The zero-order chi connectivity index (χ0) is 19.9. The molecule has 0 aliphatic heterocycles. The molecule has 144 valence electrons. The highest BCUT2D eigenvalue weighted by atomic mass is 32.1. The van der Waals surface area contributed by atoms with E-state index in [2.05, 4.69) is 15.6 Å². The molecule has 3 aromatic rings. The molecule has 1 aromatic heterocycles. The van der Waals surface area contributed by atoms with Gasteiger partial charge in [-0.2, -0.15) is 0 Å². The van der Waals surface area contributed by atoms with Gasteiger partial charge < -0.3 is 10.6 Å². The Balaban J connectivity index is 1.43. The molecule has 0 aliphatic carbocycles. The van der Waals surface area contributed by atoms with Crippen molar-refractivity contribution < 1.29 is 14.1 Å². The summed E-state index contributed by atoms with van der Waals surface area (Å²) < 4.78 is 13.3. The Bertz CT molecular complexity index is 975. The van der Waals surface area contributed by atoms with Gasteiger partial charge >= 0.3 is 0 Å². The highest BCUT2D eigenvalue weighted by Crippen LogP contribution is 2.24. The van der Waals surface area contributed by atoms with Gasteiger partial charge in [-0.1, -0.05) is 12.1 Å². The van der Waals surface area contributed by atoms with Crippen molar-refractivity contribution >= 4 is 28.6 Å². The van der Waals surface area contributed by atoms with Crippen LogP contribution in [0.5, 0.6) is 0 Å². The summed E-state index contributed by atoms with van der Waals surface area (Å²) in [5, 5.41) is 18.9. The third kappa shape index (κ3) is 5.34. The van der Waals surface area contributed by atoms with Crippen molar-refractivity contribution in [3.05, 3.63) is 75.5 Å². The topological polar surface area (TPSA) is 97.2 Å². The van der Waals surface area contributed by atoms with Crippen molar-refractivity contribution in [3.8, 4) is 10.6 Å². The van der Waals surface area contributed by atoms with Gasteiger partial charge in [0, 0.05) is 41.9 Å². The number of anilines is 1. The van der Waals surface area contributed by atoms with Gasteiger partial charge in [0.15, 0.2) is 0 Å². The second-order valence-corrected chi connectivity index (χ2v) is 6.77. The number of hydrogen-bond acceptors (Lipinski definition) is 6. The number of rotatable bonds is 8. The summed E-state index contributed by atoms with van der Waals surface area (Å²) in [5.74, 6) is -0.492. The van der Waals surface area contributed by atoms with Crippen LogP contribution in [-0.4, -0.2) is 28.9 Å². The molecule has 1 amide bonds. The van der Waals surface area contributed by atoms with Crippen molar-refractivity contribution in [2.24, 2.45) is 0 Å². The fourth-order valence-corrected chi connectivity index (χ4v) is 3.30. The second-order valence-electron chi connectivity index (χ2n) is 5.91. The van der Waals surface area contributed by atoms with Crippen LogP contribution in [0.15, 0.2) is 53.9 Å². The molecule has 0 aliphatic rings. The van der Waals surface area contributed by atoms with Crippen LogP contribution in [0, 0.1) is 15.9 Å². The molecule has 0 saturated carbocycles. The summed E-state index contributed by atoms with van der Waals surface area (Å²) >= 11 is 1.36. The third-order valence-corrected chi connectivity index (χ3v) is 4.76. The van der Waals surface area contributed by atoms with Crippen LogP contribution in [0.3, 0.4) is 0 Å². The first-order chi connectivity index (χ1) is 13.5. The van der Waals surface area contributed by atoms with Gasteiger partial charge in [-0.25, -0.2) is 9.37 Å². The molecule has 28 heavy (non-hydrogen) atoms. The molecule has 2 aromatic carbocycles. The lowest BCUT2D eigenvalue weighted by Crippen LogP contribution is -2.30. The monoisotopic (exact) mass is 400 g/mol. The van der Waals surface area contributed by atoms with E-state index in [9.17, 15) is 19.3 Å². The van der Waals surface area contributed by atoms with E-state index in [-0.39, 0.29) is 23.8 Å². The fraction of sp³-hybridized carbons (Fsp3) is 0.158. The lowest BCUT2D eigenvalue weighted by molar-refractivity contribution is -0.384. The number of amides is 1. The fourth-order valence-electron chi connectivity index (χ4n) is 2.48. The summed E-state index contributed by atoms with van der Waals surface area (Å²) in [5.41, 5.74) is 2.08. The van der Waals surface area contributed by atoms with E-state index in [1.807, 2.05) is 0 Å². The average Bonchev–Trinajstić information content (AvgIpc) is 3.14. The highest BCUT2D eigenvalue weighted by molar-refractivity contribution is 7.13. The van der Waals surface area contributed by atoms with E-state index in [1.165, 1.54) is 35.6 Å². The molecule has 0 atom stereocenters. The zero-order valence-electron chi connectivity index (χ0n) is 14.7. The Kier molecular flexibility index (Phi) is 6.28. The molecular weight excluding hydrogens is 383 g/mol. The molecule has 0 bridgehead atoms. The maximum Gasteiger partial charge on any atom is 0.269 e. The van der Waals surface area contributed by atoms with E-state index in [0.717, 1.165) is 5.69 Å². The van der Waals surface area contributed by atoms with Gasteiger partial charge in [-0.15, -0.1) is 11.3 Å². The number of nitro groups is 1. The van der Waals surface area contributed by atoms with Crippen LogP contribution in [0.1, 0.15) is 5.69 Å². The molecule has 7 nitrogen and oxygen atoms in total. The second kappa shape index (κ2) is 9.05. The number of aromatic nitrogens is 1. The number of carbonyl (C=O) groups is 1. The number of nitrogens with one attached hydrogen (secondary N) is 2. The minimum atomic E-state index is -0.456. The van der Waals surface area contributed by atoms with E-state index in [1.54, 1.807) is 29.6 Å². The van der Waals surface area contributed by atoms with Crippen LogP contribution >= 0.6 is 11.3 Å². The lowest BCUT2D eigenvalue weighted by atomic mass is 10.2. The average molecular weight is 400 g/mol. The molecule has 3 rings (SSSR count). The number of nitrogens with zero attached hydrogens (tertiary/aromatic N) is 2. The Morgan fingerprint density at radius 2 is 1.96 bits per heavy atom. The van der Waals surface area contributed by atoms with Gasteiger partial charge in [0.1, 0.15) is 10.8 Å². The van der Waals surface area contributed by atoms with E-state index < -0.39 is 4.92 Å². The summed E-state index contributed by atoms with van der Waals surface area (Å²) in [4.78, 5) is 26.6. The number of benzene rings is 2. The molecule has 1 heterocycles. The standard InChI is InChI=1S/C19H17FN4O3S/c20-14-3-1-2-13(10-14)19-23-16(12-28-19)11-18(25)22-9-8-21-15-4-6-17(7-5-15)24(26)27/h1-7,10,12,21H,8-9,11H2,(H,22,25). The van der Waals surface area contributed by atoms with E-state index >= 15 is 0 Å². The maximum absolute atomic E-state index is 13.3. The Morgan fingerprint density at radius 3 is 2.68 bits per heavy atom. The number of non-ortho nitro benzene ring substituents is 1. The third-order valence-electron chi connectivity index (χ3n) is 3.82. The zero-order valence-corrected chi connectivity index (χ0v) is 15.5. The summed E-state index contributed by atoms with van der Waals surface area (Å²) in [6, 6.07) is 12.2. The van der Waals surface area contributed by atoms with Gasteiger partial charge in [0.05, 0.1) is 17.0 Å². The SMILES string of the molecule is O=C(Cc1csc(-c2cccc(F)c2)n1)NCCNc1ccc([N+](=O)[O-])cc1. The van der Waals surface area contributed by atoms with Crippen molar-refractivity contribution in [1.82, 2.24) is 10.3 Å². The molecule has 0 unspecified atom stereocenters. The number of nitro benzene ring substituents is 1. The summed E-state index contributed by atoms with van der Waals surface area (Å²) in [7, 11) is 0. The first-order valence-electron chi connectivity index (χ1n) is 8.46. The van der Waals surface area contributed by atoms with Gasteiger partial charge in [-0.05, 0) is 24.3 Å². The molecule has 0 saturated heterocycles. The smallest absolute Gasteiger partial charge is 0.269 e. The van der Waals surface area contributed by atoms with Gasteiger partial charge in [-0.3, -0.25) is 14.9 Å². The first-order valence-corrected chi connectivity index (χ1v) is 9.34. The van der Waals surface area contributed by atoms with Gasteiger partial charge in [0.2, 0.25) is 5.91 Å². The van der Waals surface area contributed by atoms with Crippen LogP contribution in [-0.2, 0) is 11.2 Å². The normalized spacial score (nSPS) is 10.5. The van der Waals surface area contributed by atoms with Crippen molar-refractivity contribution in [2.75, 3.05) is 18.4 Å². The van der Waals surface area contributed by atoms with Gasteiger partial charge in [0.25, 0.3) is 5.69 Å². The summed E-state index contributed by atoms with van der Waals surface area (Å²) in [6.07, 6.45) is 0.142. The summed E-state index contributed by atoms with van der Waals surface area (Å²) in [6.45, 7) is 0.881. The predicted molar refractivity (Wildman–Crippen MR) is 106 cm³/mol. The molecule has 0 fully saturated rings. The van der Waals surface area contributed by atoms with Crippen molar-refractivity contribution in [1.29, 1.82) is 0 Å². The van der Waals surface area contributed by atoms with Crippen LogP contribution in [0.25, 0.3) is 10.6 Å². The minimum Gasteiger partial charge on any atom is -0.383 e. The number of thiazole rings is 1. The van der Waals surface area contributed by atoms with Crippen LogP contribution in [0.2, 0.25) is 0 Å². The Morgan fingerprint density at radius 1 is 1.18 bits per heavy atom.